The maximum absolute atomic E-state index is 11.9. The monoisotopic (exact) mass is 330 g/mol. The van der Waals surface area contributed by atoms with Crippen LogP contribution in [0.5, 0.6) is 5.75 Å². The second kappa shape index (κ2) is 6.73. The van der Waals surface area contributed by atoms with Crippen molar-refractivity contribution >= 4 is 5.91 Å². The van der Waals surface area contributed by atoms with Crippen LogP contribution in [-0.2, 0) is 16.1 Å². The van der Waals surface area contributed by atoms with Crippen molar-refractivity contribution in [1.29, 1.82) is 0 Å². The van der Waals surface area contributed by atoms with Gasteiger partial charge in [0.2, 0.25) is 5.91 Å². The highest BCUT2D eigenvalue weighted by atomic mass is 16.5. The van der Waals surface area contributed by atoms with Crippen LogP contribution in [0.2, 0.25) is 0 Å². The van der Waals surface area contributed by atoms with Crippen molar-refractivity contribution in [1.82, 2.24) is 9.80 Å². The Kier molecular flexibility index (Phi) is 4.46. The van der Waals surface area contributed by atoms with Crippen molar-refractivity contribution in [3.8, 4) is 5.75 Å². The molecule has 1 aromatic carbocycles. The van der Waals surface area contributed by atoms with E-state index in [1.165, 1.54) is 5.56 Å². The number of fused-ring (bicyclic) bond motifs is 1. The number of ether oxygens (including phenoxy) is 2. The van der Waals surface area contributed by atoms with Crippen LogP contribution >= 0.6 is 0 Å². The van der Waals surface area contributed by atoms with Gasteiger partial charge in [-0.3, -0.25) is 9.69 Å². The molecule has 3 aliphatic rings. The Balaban J connectivity index is 1.34. The van der Waals surface area contributed by atoms with Crippen LogP contribution in [0, 0.1) is 11.8 Å². The predicted octanol–water partition coefficient (Wildman–Crippen LogP) is 1.76. The molecule has 130 valence electrons. The summed E-state index contributed by atoms with van der Waals surface area (Å²) in [6, 6.07) is 8.30. The molecular formula is C19H26N2O3. The summed E-state index contributed by atoms with van der Waals surface area (Å²) in [5, 5.41) is 0. The molecule has 24 heavy (non-hydrogen) atoms. The summed E-state index contributed by atoms with van der Waals surface area (Å²) in [4.78, 5) is 16.4. The van der Waals surface area contributed by atoms with Gasteiger partial charge >= 0.3 is 0 Å². The van der Waals surface area contributed by atoms with Crippen LogP contribution in [0.25, 0.3) is 0 Å². The Morgan fingerprint density at radius 1 is 1.25 bits per heavy atom. The zero-order valence-electron chi connectivity index (χ0n) is 14.3. The van der Waals surface area contributed by atoms with Gasteiger partial charge in [0.1, 0.15) is 5.75 Å². The summed E-state index contributed by atoms with van der Waals surface area (Å²) < 4.78 is 11.3. The number of rotatable bonds is 5. The lowest BCUT2D eigenvalue weighted by Gasteiger charge is -2.24. The van der Waals surface area contributed by atoms with Gasteiger partial charge in [0.25, 0.3) is 0 Å². The van der Waals surface area contributed by atoms with Gasteiger partial charge in [-0.2, -0.15) is 0 Å². The van der Waals surface area contributed by atoms with E-state index in [4.69, 9.17) is 9.47 Å². The Bertz CT molecular complexity index is 589. The number of methoxy groups -OCH3 is 1. The molecule has 4 rings (SSSR count). The second-order valence-corrected chi connectivity index (χ2v) is 7.28. The quantitative estimate of drug-likeness (QED) is 0.825. The van der Waals surface area contributed by atoms with Crippen molar-refractivity contribution < 1.29 is 14.3 Å². The number of hydrogen-bond donors (Lipinski definition) is 0. The predicted molar refractivity (Wildman–Crippen MR) is 90.8 cm³/mol. The Morgan fingerprint density at radius 2 is 2.08 bits per heavy atom. The Hall–Kier alpha value is -1.59. The fraction of sp³-hybridized carbons (Fsp3) is 0.632. The number of likely N-dealkylation sites (tertiary alicyclic amines) is 2. The summed E-state index contributed by atoms with van der Waals surface area (Å²) in [5.74, 6) is 2.29. The summed E-state index contributed by atoms with van der Waals surface area (Å²) >= 11 is 0. The van der Waals surface area contributed by atoms with Gasteiger partial charge in [0, 0.05) is 51.0 Å². The normalized spacial score (nSPS) is 30.1. The molecule has 5 nitrogen and oxygen atoms in total. The summed E-state index contributed by atoms with van der Waals surface area (Å²) in [6.45, 7) is 5.66. The number of benzene rings is 1. The molecule has 0 spiro atoms. The third kappa shape index (κ3) is 3.15. The van der Waals surface area contributed by atoms with Gasteiger partial charge < -0.3 is 14.4 Å². The lowest BCUT2D eigenvalue weighted by molar-refractivity contribution is -0.128. The molecule has 3 saturated heterocycles. The highest BCUT2D eigenvalue weighted by Gasteiger charge is 2.44. The molecule has 0 radical (unpaired) electrons. The van der Waals surface area contributed by atoms with Crippen LogP contribution in [0.15, 0.2) is 24.3 Å². The molecule has 0 N–H and O–H groups in total. The van der Waals surface area contributed by atoms with Crippen LogP contribution < -0.4 is 4.74 Å². The fourth-order valence-electron chi connectivity index (χ4n) is 4.37. The smallest absolute Gasteiger partial charge is 0.222 e. The topological polar surface area (TPSA) is 42.0 Å². The maximum atomic E-state index is 11.9. The molecule has 1 amide bonds. The second-order valence-electron chi connectivity index (χ2n) is 7.28. The van der Waals surface area contributed by atoms with E-state index in [0.29, 0.717) is 23.8 Å². The fourth-order valence-corrected chi connectivity index (χ4v) is 4.37. The summed E-state index contributed by atoms with van der Waals surface area (Å²) in [6.07, 6.45) is 2.08. The maximum Gasteiger partial charge on any atom is 0.222 e. The molecule has 5 heteroatoms. The van der Waals surface area contributed by atoms with Gasteiger partial charge in [0.05, 0.1) is 19.8 Å². The standard InChI is InChI=1S/C19H26N2O3/c1-23-16-6-4-14(5-7-16)9-20-11-17-15(13-24-18(17)12-20)10-21-8-2-3-19(21)22/h4-7,15,17-18H,2-3,8-13H2,1H3/t15-,17-,18-/m1/s1. The molecule has 3 atom stereocenters. The first kappa shape index (κ1) is 15.9. The zero-order chi connectivity index (χ0) is 16.5. The average molecular weight is 330 g/mol. The highest BCUT2D eigenvalue weighted by Crippen LogP contribution is 2.35. The van der Waals surface area contributed by atoms with Crippen molar-refractivity contribution in [2.75, 3.05) is 39.9 Å². The molecule has 0 bridgehead atoms. The van der Waals surface area contributed by atoms with Crippen molar-refractivity contribution in [3.63, 3.8) is 0 Å². The molecule has 1 aromatic rings. The number of carbonyl (C=O) groups is 1. The van der Waals surface area contributed by atoms with Crippen molar-refractivity contribution in [2.24, 2.45) is 11.8 Å². The summed E-state index contributed by atoms with van der Waals surface area (Å²) in [7, 11) is 1.69. The number of amides is 1. The van der Waals surface area contributed by atoms with E-state index in [1.807, 2.05) is 17.0 Å². The first-order valence-electron chi connectivity index (χ1n) is 8.97. The van der Waals surface area contributed by atoms with Gasteiger partial charge in [-0.05, 0) is 24.1 Å². The minimum Gasteiger partial charge on any atom is -0.497 e. The van der Waals surface area contributed by atoms with Crippen molar-refractivity contribution in [3.05, 3.63) is 29.8 Å². The minimum absolute atomic E-state index is 0.325. The Morgan fingerprint density at radius 3 is 2.79 bits per heavy atom. The molecular weight excluding hydrogens is 304 g/mol. The first-order valence-corrected chi connectivity index (χ1v) is 8.97. The lowest BCUT2D eigenvalue weighted by Crippen LogP contribution is -2.35. The van der Waals surface area contributed by atoms with Gasteiger partial charge in [0.15, 0.2) is 0 Å². The third-order valence-corrected chi connectivity index (χ3v) is 5.71. The van der Waals surface area contributed by atoms with Crippen LogP contribution in [0.1, 0.15) is 18.4 Å². The van der Waals surface area contributed by atoms with Gasteiger partial charge in [-0.15, -0.1) is 0 Å². The molecule has 0 unspecified atom stereocenters. The lowest BCUT2D eigenvalue weighted by atomic mass is 9.93. The number of nitrogens with zero attached hydrogens (tertiary/aromatic N) is 2. The van der Waals surface area contributed by atoms with Crippen LogP contribution in [-0.4, -0.2) is 61.7 Å². The van der Waals surface area contributed by atoms with Gasteiger partial charge in [-0.1, -0.05) is 12.1 Å². The van der Waals surface area contributed by atoms with E-state index in [1.54, 1.807) is 7.11 Å². The van der Waals surface area contributed by atoms with E-state index < -0.39 is 0 Å². The van der Waals surface area contributed by atoms with E-state index in [9.17, 15) is 4.79 Å². The van der Waals surface area contributed by atoms with E-state index >= 15 is 0 Å². The largest absolute Gasteiger partial charge is 0.497 e. The minimum atomic E-state index is 0.325. The number of hydrogen-bond acceptors (Lipinski definition) is 4. The molecule has 3 aliphatic heterocycles. The molecule has 0 saturated carbocycles. The molecule has 0 aromatic heterocycles. The SMILES string of the molecule is COc1ccc(CN2C[C@@H]3[C@H](CN4CCCC4=O)CO[C@@H]3C2)cc1. The number of carbonyl (C=O) groups excluding carboxylic acids is 1. The summed E-state index contributed by atoms with van der Waals surface area (Å²) in [5.41, 5.74) is 1.31. The molecule has 3 heterocycles. The van der Waals surface area contributed by atoms with Crippen molar-refractivity contribution in [2.45, 2.75) is 25.5 Å². The van der Waals surface area contributed by atoms with Gasteiger partial charge in [-0.25, -0.2) is 0 Å². The zero-order valence-corrected chi connectivity index (χ0v) is 14.3. The third-order valence-electron chi connectivity index (χ3n) is 5.71. The van der Waals surface area contributed by atoms with E-state index in [0.717, 1.165) is 57.9 Å². The van der Waals surface area contributed by atoms with Crippen LogP contribution in [0.4, 0.5) is 0 Å². The van der Waals surface area contributed by atoms with E-state index in [-0.39, 0.29) is 0 Å². The Labute approximate surface area is 143 Å². The molecule has 3 fully saturated rings. The average Bonchev–Trinajstić information content (AvgIpc) is 3.27. The van der Waals surface area contributed by atoms with Crippen LogP contribution in [0.3, 0.4) is 0 Å². The van der Waals surface area contributed by atoms with E-state index in [2.05, 4.69) is 17.0 Å². The first-order chi connectivity index (χ1) is 11.7. The highest BCUT2D eigenvalue weighted by molar-refractivity contribution is 5.78. The molecule has 0 aliphatic carbocycles.